The van der Waals surface area contributed by atoms with Crippen molar-refractivity contribution < 1.29 is 18.7 Å². The first-order valence-electron chi connectivity index (χ1n) is 9.46. The molecule has 1 aromatic carbocycles. The number of ether oxygens (including phenoxy) is 1. The molecule has 0 bridgehead atoms. The molecule has 0 unspecified atom stereocenters. The first kappa shape index (κ1) is 19.5. The van der Waals surface area contributed by atoms with Gasteiger partial charge in [0.2, 0.25) is 0 Å². The third kappa shape index (κ3) is 4.28. The molecule has 0 N–H and O–H groups in total. The average Bonchev–Trinajstić information content (AvgIpc) is 3.36. The lowest BCUT2D eigenvalue weighted by atomic mass is 10.1. The van der Waals surface area contributed by atoms with Crippen molar-refractivity contribution in [3.05, 3.63) is 58.9 Å². The molecular formula is C21H21N3O4S. The van der Waals surface area contributed by atoms with E-state index in [0.717, 1.165) is 0 Å². The lowest BCUT2D eigenvalue weighted by molar-refractivity contribution is -0.122. The Morgan fingerprint density at radius 3 is 2.79 bits per heavy atom. The van der Waals surface area contributed by atoms with Gasteiger partial charge in [-0.3, -0.25) is 14.5 Å². The summed E-state index contributed by atoms with van der Waals surface area (Å²) in [7, 11) is 0. The zero-order valence-electron chi connectivity index (χ0n) is 16.0. The quantitative estimate of drug-likeness (QED) is 0.721. The van der Waals surface area contributed by atoms with E-state index in [0.29, 0.717) is 59.9 Å². The molecule has 2 fully saturated rings. The summed E-state index contributed by atoms with van der Waals surface area (Å²) in [6.45, 7) is 4.71. The summed E-state index contributed by atoms with van der Waals surface area (Å²) >= 11 is 1.30. The smallest absolute Gasteiger partial charge is 0.266 e. The third-order valence-corrected chi connectivity index (χ3v) is 5.64. The number of benzene rings is 1. The molecule has 2 aliphatic heterocycles. The normalized spacial score (nSPS) is 20.1. The Morgan fingerprint density at radius 2 is 2.07 bits per heavy atom. The van der Waals surface area contributed by atoms with Gasteiger partial charge in [-0.1, -0.05) is 6.07 Å². The average molecular weight is 411 g/mol. The SMILES string of the molecule is CCN1C(=O)/C(=C\c2ccco2)SC1=Nc1cccc(C(=O)N2CCOCC2)c1. The van der Waals surface area contributed by atoms with Crippen LogP contribution in [0.5, 0.6) is 0 Å². The summed E-state index contributed by atoms with van der Waals surface area (Å²) in [5, 5.41) is 0.589. The van der Waals surface area contributed by atoms with Crippen molar-refractivity contribution in [2.45, 2.75) is 6.92 Å². The number of hydrogen-bond donors (Lipinski definition) is 0. The maximum absolute atomic E-state index is 12.7. The van der Waals surface area contributed by atoms with Gasteiger partial charge < -0.3 is 14.1 Å². The second kappa shape index (κ2) is 8.67. The van der Waals surface area contributed by atoms with Crippen molar-refractivity contribution in [1.82, 2.24) is 9.80 Å². The number of aliphatic imine (C=N–C) groups is 1. The van der Waals surface area contributed by atoms with Crippen LogP contribution in [0.1, 0.15) is 23.0 Å². The standard InChI is InChI=1S/C21H21N3O4S/c1-2-24-20(26)18(14-17-7-4-10-28-17)29-21(24)22-16-6-3-5-15(13-16)19(25)23-8-11-27-12-9-23/h3-7,10,13-14H,2,8-9,11-12H2,1H3/b18-14+,22-21?. The molecule has 150 valence electrons. The summed E-state index contributed by atoms with van der Waals surface area (Å²) in [6.07, 6.45) is 3.29. The Hall–Kier alpha value is -2.84. The van der Waals surface area contributed by atoms with E-state index in [2.05, 4.69) is 4.99 Å². The molecule has 1 aromatic heterocycles. The lowest BCUT2D eigenvalue weighted by Gasteiger charge is -2.26. The number of amides is 2. The van der Waals surface area contributed by atoms with Gasteiger partial charge in [0.15, 0.2) is 5.17 Å². The van der Waals surface area contributed by atoms with Crippen LogP contribution < -0.4 is 0 Å². The van der Waals surface area contributed by atoms with Crippen LogP contribution in [0.2, 0.25) is 0 Å². The summed E-state index contributed by atoms with van der Waals surface area (Å²) < 4.78 is 10.6. The highest BCUT2D eigenvalue weighted by Gasteiger charge is 2.32. The minimum Gasteiger partial charge on any atom is -0.465 e. The van der Waals surface area contributed by atoms with Crippen molar-refractivity contribution in [1.29, 1.82) is 0 Å². The Kier molecular flexibility index (Phi) is 5.82. The van der Waals surface area contributed by atoms with Gasteiger partial charge in [-0.25, -0.2) is 4.99 Å². The fraction of sp³-hybridized carbons (Fsp3) is 0.286. The summed E-state index contributed by atoms with van der Waals surface area (Å²) in [5.41, 5.74) is 1.22. The molecule has 0 atom stereocenters. The predicted octanol–water partition coefficient (Wildman–Crippen LogP) is 3.38. The minimum atomic E-state index is -0.104. The largest absolute Gasteiger partial charge is 0.465 e. The number of likely N-dealkylation sites (N-methyl/N-ethyl adjacent to an activating group) is 1. The topological polar surface area (TPSA) is 75.4 Å². The van der Waals surface area contributed by atoms with E-state index >= 15 is 0 Å². The van der Waals surface area contributed by atoms with Crippen LogP contribution in [0.4, 0.5) is 5.69 Å². The highest BCUT2D eigenvalue weighted by atomic mass is 32.2. The molecule has 0 radical (unpaired) electrons. The number of morpholine rings is 1. The molecule has 0 saturated carbocycles. The Labute approximate surface area is 173 Å². The van der Waals surface area contributed by atoms with Crippen LogP contribution >= 0.6 is 11.8 Å². The number of thioether (sulfide) groups is 1. The van der Waals surface area contributed by atoms with Gasteiger partial charge in [-0.05, 0) is 49.0 Å². The zero-order chi connectivity index (χ0) is 20.2. The molecular weight excluding hydrogens is 390 g/mol. The molecule has 4 rings (SSSR count). The first-order valence-corrected chi connectivity index (χ1v) is 10.3. The molecule has 0 aliphatic carbocycles. The highest BCUT2D eigenvalue weighted by molar-refractivity contribution is 8.18. The van der Waals surface area contributed by atoms with Gasteiger partial charge in [0.1, 0.15) is 5.76 Å². The summed E-state index contributed by atoms with van der Waals surface area (Å²) in [6, 6.07) is 10.8. The monoisotopic (exact) mass is 411 g/mol. The second-order valence-electron chi connectivity index (χ2n) is 6.52. The van der Waals surface area contributed by atoms with E-state index in [1.165, 1.54) is 11.8 Å². The number of rotatable bonds is 4. The van der Waals surface area contributed by atoms with E-state index < -0.39 is 0 Å². The van der Waals surface area contributed by atoms with Gasteiger partial charge in [0, 0.05) is 31.3 Å². The van der Waals surface area contributed by atoms with E-state index in [4.69, 9.17) is 9.15 Å². The number of nitrogens with zero attached hydrogens (tertiary/aromatic N) is 3. The van der Waals surface area contributed by atoms with Crippen molar-refractivity contribution in [2.24, 2.45) is 4.99 Å². The molecule has 2 aromatic rings. The van der Waals surface area contributed by atoms with Crippen molar-refractivity contribution >= 4 is 40.5 Å². The highest BCUT2D eigenvalue weighted by Crippen LogP contribution is 2.34. The second-order valence-corrected chi connectivity index (χ2v) is 7.53. The summed E-state index contributed by atoms with van der Waals surface area (Å²) in [5.74, 6) is 0.487. The molecule has 0 spiro atoms. The molecule has 29 heavy (non-hydrogen) atoms. The molecule has 3 heterocycles. The molecule has 2 aliphatic rings. The summed E-state index contributed by atoms with van der Waals surface area (Å²) in [4.78, 5) is 34.0. The number of hydrogen-bond acceptors (Lipinski definition) is 6. The molecule has 2 amide bonds. The van der Waals surface area contributed by atoms with Crippen LogP contribution in [0.15, 0.2) is 57.0 Å². The fourth-order valence-electron chi connectivity index (χ4n) is 3.14. The molecule has 8 heteroatoms. The van der Waals surface area contributed by atoms with Crippen LogP contribution in [0.25, 0.3) is 6.08 Å². The van der Waals surface area contributed by atoms with Gasteiger partial charge in [-0.15, -0.1) is 0 Å². The minimum absolute atomic E-state index is 0.0312. The van der Waals surface area contributed by atoms with Crippen molar-refractivity contribution in [2.75, 3.05) is 32.8 Å². The fourth-order valence-corrected chi connectivity index (χ4v) is 4.18. The zero-order valence-corrected chi connectivity index (χ0v) is 16.9. The predicted molar refractivity (Wildman–Crippen MR) is 112 cm³/mol. The number of carbonyl (C=O) groups is 2. The Morgan fingerprint density at radius 1 is 1.24 bits per heavy atom. The first-order chi connectivity index (χ1) is 14.2. The van der Waals surface area contributed by atoms with Crippen LogP contribution in [-0.2, 0) is 9.53 Å². The number of amidine groups is 1. The number of furan rings is 1. The lowest BCUT2D eigenvalue weighted by Crippen LogP contribution is -2.40. The van der Waals surface area contributed by atoms with Gasteiger partial charge in [0.25, 0.3) is 11.8 Å². The molecule has 7 nitrogen and oxygen atoms in total. The maximum Gasteiger partial charge on any atom is 0.266 e. The maximum atomic E-state index is 12.7. The van der Waals surface area contributed by atoms with E-state index in [1.54, 1.807) is 46.4 Å². The van der Waals surface area contributed by atoms with Crippen LogP contribution in [-0.4, -0.2) is 59.6 Å². The van der Waals surface area contributed by atoms with E-state index in [-0.39, 0.29) is 11.8 Å². The Balaban J connectivity index is 1.58. The van der Waals surface area contributed by atoms with Gasteiger partial charge in [-0.2, -0.15) is 0 Å². The van der Waals surface area contributed by atoms with Crippen molar-refractivity contribution in [3.63, 3.8) is 0 Å². The van der Waals surface area contributed by atoms with E-state index in [9.17, 15) is 9.59 Å². The van der Waals surface area contributed by atoms with E-state index in [1.807, 2.05) is 19.1 Å². The van der Waals surface area contributed by atoms with Crippen LogP contribution in [0, 0.1) is 0 Å². The third-order valence-electron chi connectivity index (χ3n) is 4.64. The van der Waals surface area contributed by atoms with Crippen molar-refractivity contribution in [3.8, 4) is 0 Å². The van der Waals surface area contributed by atoms with Gasteiger partial charge in [0.05, 0.1) is 30.1 Å². The Bertz CT molecular complexity index is 962. The van der Waals surface area contributed by atoms with Crippen LogP contribution in [0.3, 0.4) is 0 Å². The van der Waals surface area contributed by atoms with Gasteiger partial charge >= 0.3 is 0 Å². The molecule has 2 saturated heterocycles. The number of carbonyl (C=O) groups excluding carboxylic acids is 2.